The molecule has 0 radical (unpaired) electrons. The lowest BCUT2D eigenvalue weighted by atomic mass is 9.72. The van der Waals surface area contributed by atoms with Gasteiger partial charge in [0.05, 0.1) is 28.0 Å². The third-order valence-electron chi connectivity index (χ3n) is 6.51. The predicted molar refractivity (Wildman–Crippen MR) is 123 cm³/mol. The van der Waals surface area contributed by atoms with Crippen LogP contribution >= 0.6 is 0 Å². The predicted octanol–water partition coefficient (Wildman–Crippen LogP) is 5.34. The van der Waals surface area contributed by atoms with Gasteiger partial charge in [-0.25, -0.2) is 0 Å². The lowest BCUT2D eigenvalue weighted by Gasteiger charge is -2.38. The Hall–Kier alpha value is -3.70. The molecule has 0 spiro atoms. The Morgan fingerprint density at radius 2 is 1.68 bits per heavy atom. The number of benzene rings is 3. The monoisotopic (exact) mass is 407 g/mol. The van der Waals surface area contributed by atoms with E-state index in [1.54, 1.807) is 12.3 Å². The maximum absolute atomic E-state index is 13.7. The van der Waals surface area contributed by atoms with Gasteiger partial charge in [-0.2, -0.15) is 5.10 Å². The van der Waals surface area contributed by atoms with Gasteiger partial charge in [0.1, 0.15) is 11.3 Å². The summed E-state index contributed by atoms with van der Waals surface area (Å²) in [5, 5.41) is 8.39. The third-order valence-corrected chi connectivity index (χ3v) is 6.51. The fourth-order valence-electron chi connectivity index (χ4n) is 4.54. The SMILES string of the molecule is NC1(c2ccc(-c3c(-c4ccccc4)oc4c(ccc5[nH]ncc54)c3=O)cc2)CCC1. The fourth-order valence-corrected chi connectivity index (χ4v) is 4.54. The van der Waals surface area contributed by atoms with Crippen LogP contribution in [0.25, 0.3) is 44.3 Å². The Kier molecular flexibility index (Phi) is 3.88. The molecule has 1 aliphatic carbocycles. The van der Waals surface area contributed by atoms with Crippen molar-refractivity contribution in [1.29, 1.82) is 0 Å². The van der Waals surface area contributed by atoms with Crippen LogP contribution in [0.4, 0.5) is 0 Å². The van der Waals surface area contributed by atoms with E-state index in [9.17, 15) is 4.79 Å². The van der Waals surface area contributed by atoms with Gasteiger partial charge in [-0.15, -0.1) is 0 Å². The van der Waals surface area contributed by atoms with Crippen molar-refractivity contribution in [2.75, 3.05) is 0 Å². The highest BCUT2D eigenvalue weighted by atomic mass is 16.3. The molecule has 2 aromatic heterocycles. The van der Waals surface area contributed by atoms with Crippen molar-refractivity contribution >= 4 is 21.9 Å². The van der Waals surface area contributed by atoms with E-state index in [-0.39, 0.29) is 11.0 Å². The molecule has 3 aromatic carbocycles. The van der Waals surface area contributed by atoms with Crippen LogP contribution in [-0.4, -0.2) is 10.2 Å². The summed E-state index contributed by atoms with van der Waals surface area (Å²) in [7, 11) is 0. The number of hydrogen-bond donors (Lipinski definition) is 2. The topological polar surface area (TPSA) is 84.9 Å². The Labute approximate surface area is 178 Å². The highest BCUT2D eigenvalue weighted by molar-refractivity contribution is 6.04. The van der Waals surface area contributed by atoms with E-state index in [0.717, 1.165) is 46.9 Å². The van der Waals surface area contributed by atoms with Gasteiger partial charge in [0.2, 0.25) is 5.43 Å². The zero-order valence-electron chi connectivity index (χ0n) is 16.9. The molecule has 0 atom stereocenters. The van der Waals surface area contributed by atoms with E-state index >= 15 is 0 Å². The van der Waals surface area contributed by atoms with Crippen LogP contribution in [0, 0.1) is 0 Å². The molecule has 3 N–H and O–H groups in total. The molecular weight excluding hydrogens is 386 g/mol. The highest BCUT2D eigenvalue weighted by Gasteiger charge is 2.34. The van der Waals surface area contributed by atoms with E-state index in [2.05, 4.69) is 10.2 Å². The molecule has 1 saturated carbocycles. The summed E-state index contributed by atoms with van der Waals surface area (Å²) >= 11 is 0. The largest absolute Gasteiger partial charge is 0.454 e. The third kappa shape index (κ3) is 2.74. The number of aromatic amines is 1. The number of rotatable bonds is 3. The second-order valence-corrected chi connectivity index (χ2v) is 8.36. The van der Waals surface area contributed by atoms with E-state index in [0.29, 0.717) is 22.3 Å². The van der Waals surface area contributed by atoms with Gasteiger partial charge in [-0.3, -0.25) is 9.89 Å². The van der Waals surface area contributed by atoms with E-state index in [4.69, 9.17) is 10.2 Å². The highest BCUT2D eigenvalue weighted by Crippen LogP contribution is 2.40. The molecule has 152 valence electrons. The Bertz CT molecular complexity index is 1480. The molecule has 5 heteroatoms. The first-order chi connectivity index (χ1) is 15.1. The summed E-state index contributed by atoms with van der Waals surface area (Å²) in [6.45, 7) is 0. The summed E-state index contributed by atoms with van der Waals surface area (Å²) in [6.07, 6.45) is 4.86. The van der Waals surface area contributed by atoms with Gasteiger partial charge in [-0.05, 0) is 42.5 Å². The molecule has 0 aliphatic heterocycles. The van der Waals surface area contributed by atoms with Gasteiger partial charge >= 0.3 is 0 Å². The Balaban J connectivity index is 1.63. The van der Waals surface area contributed by atoms with Crippen LogP contribution in [0.2, 0.25) is 0 Å². The number of nitrogens with one attached hydrogen (secondary N) is 1. The standard InChI is InChI=1S/C26H21N3O2/c27-26(13-4-14-26)18-9-7-16(8-10-18)22-23(30)19-11-12-21-20(15-28-29-21)25(19)31-24(22)17-5-2-1-3-6-17/h1-3,5-12,15H,4,13-14,27H2,(H,28,29). The Morgan fingerprint density at radius 1 is 0.903 bits per heavy atom. The summed E-state index contributed by atoms with van der Waals surface area (Å²) < 4.78 is 6.43. The second-order valence-electron chi connectivity index (χ2n) is 8.36. The van der Waals surface area contributed by atoms with Crippen molar-refractivity contribution in [2.45, 2.75) is 24.8 Å². The van der Waals surface area contributed by atoms with Crippen molar-refractivity contribution < 1.29 is 4.42 Å². The van der Waals surface area contributed by atoms with Crippen molar-refractivity contribution in [3.8, 4) is 22.5 Å². The molecule has 5 nitrogen and oxygen atoms in total. The van der Waals surface area contributed by atoms with Crippen LogP contribution in [-0.2, 0) is 5.54 Å². The van der Waals surface area contributed by atoms with Crippen LogP contribution < -0.4 is 11.2 Å². The van der Waals surface area contributed by atoms with Crippen molar-refractivity contribution in [3.05, 3.63) is 88.7 Å². The second kappa shape index (κ2) is 6.65. The molecule has 0 saturated heterocycles. The van der Waals surface area contributed by atoms with Gasteiger partial charge in [-0.1, -0.05) is 54.6 Å². The minimum absolute atomic E-state index is 0.0536. The molecule has 5 aromatic rings. The summed E-state index contributed by atoms with van der Waals surface area (Å²) in [4.78, 5) is 13.7. The molecule has 0 amide bonds. The lowest BCUT2D eigenvalue weighted by Crippen LogP contribution is -2.43. The van der Waals surface area contributed by atoms with Crippen molar-refractivity contribution in [1.82, 2.24) is 10.2 Å². The lowest BCUT2D eigenvalue weighted by molar-refractivity contribution is 0.253. The first-order valence-electron chi connectivity index (χ1n) is 10.5. The Morgan fingerprint density at radius 3 is 2.39 bits per heavy atom. The maximum atomic E-state index is 13.7. The molecular formula is C26H21N3O2. The molecule has 1 fully saturated rings. The summed E-state index contributed by atoms with van der Waals surface area (Å²) in [5.74, 6) is 0.561. The van der Waals surface area contributed by atoms with E-state index < -0.39 is 0 Å². The fraction of sp³-hybridized carbons (Fsp3) is 0.154. The molecule has 1 aliphatic rings. The average Bonchev–Trinajstić information content (AvgIpc) is 3.27. The van der Waals surface area contributed by atoms with Crippen LogP contribution in [0.5, 0.6) is 0 Å². The number of aromatic nitrogens is 2. The van der Waals surface area contributed by atoms with Gasteiger partial charge in [0.25, 0.3) is 0 Å². The molecule has 2 heterocycles. The first-order valence-corrected chi connectivity index (χ1v) is 10.5. The van der Waals surface area contributed by atoms with Crippen molar-refractivity contribution in [2.24, 2.45) is 5.73 Å². The molecule has 0 bridgehead atoms. The minimum atomic E-state index is -0.234. The number of fused-ring (bicyclic) bond motifs is 3. The smallest absolute Gasteiger partial charge is 0.201 e. The zero-order valence-corrected chi connectivity index (χ0v) is 16.9. The average molecular weight is 407 g/mol. The zero-order chi connectivity index (χ0) is 21.0. The van der Waals surface area contributed by atoms with E-state index in [1.807, 2.05) is 60.7 Å². The quantitative estimate of drug-likeness (QED) is 0.423. The first kappa shape index (κ1) is 18.1. The van der Waals surface area contributed by atoms with E-state index in [1.165, 1.54) is 0 Å². The van der Waals surface area contributed by atoms with Gasteiger partial charge in [0.15, 0.2) is 0 Å². The van der Waals surface area contributed by atoms with Crippen LogP contribution in [0.1, 0.15) is 24.8 Å². The number of hydrogen-bond acceptors (Lipinski definition) is 4. The number of nitrogens with two attached hydrogens (primary N) is 1. The van der Waals surface area contributed by atoms with Gasteiger partial charge in [0, 0.05) is 11.1 Å². The summed E-state index contributed by atoms with van der Waals surface area (Å²) in [5.41, 5.74) is 11.0. The molecule has 0 unspecified atom stereocenters. The number of H-pyrrole nitrogens is 1. The normalized spacial score (nSPS) is 15.3. The minimum Gasteiger partial charge on any atom is -0.454 e. The van der Waals surface area contributed by atoms with Crippen LogP contribution in [0.3, 0.4) is 0 Å². The van der Waals surface area contributed by atoms with Gasteiger partial charge < -0.3 is 10.2 Å². The molecule has 31 heavy (non-hydrogen) atoms. The summed E-state index contributed by atoms with van der Waals surface area (Å²) in [6, 6.07) is 21.5. The maximum Gasteiger partial charge on any atom is 0.201 e. The molecule has 6 rings (SSSR count). The van der Waals surface area contributed by atoms with Crippen molar-refractivity contribution in [3.63, 3.8) is 0 Å². The van der Waals surface area contributed by atoms with Crippen LogP contribution in [0.15, 0.2) is 82.1 Å². The number of nitrogens with zero attached hydrogens (tertiary/aromatic N) is 1.